The van der Waals surface area contributed by atoms with Crippen LogP contribution in [0.3, 0.4) is 0 Å². The van der Waals surface area contributed by atoms with Crippen molar-refractivity contribution in [2.75, 3.05) is 9.80 Å². The highest BCUT2D eigenvalue weighted by Gasteiger charge is 2.35. The van der Waals surface area contributed by atoms with E-state index in [-0.39, 0.29) is 5.41 Å². The number of anilines is 6. The van der Waals surface area contributed by atoms with Crippen molar-refractivity contribution >= 4 is 124 Å². The summed E-state index contributed by atoms with van der Waals surface area (Å²) in [6.45, 7) is 43.9. The van der Waals surface area contributed by atoms with Gasteiger partial charge < -0.3 is 9.80 Å². The van der Waals surface area contributed by atoms with E-state index in [0.717, 1.165) is 0 Å². The predicted octanol–water partition coefficient (Wildman–Crippen LogP) is 18.0. The van der Waals surface area contributed by atoms with Gasteiger partial charge in [-0.15, -0.1) is 0 Å². The van der Waals surface area contributed by atoms with Gasteiger partial charge >= 0.3 is 0 Å². The molecule has 0 N–H and O–H groups in total. The van der Waals surface area contributed by atoms with E-state index in [0.29, 0.717) is 0 Å². The zero-order valence-corrected chi connectivity index (χ0v) is 56.7. The molecule has 0 aliphatic rings. The number of aryl methyl sites for hydroxylation is 3. The number of rotatable bonds is 23. The summed E-state index contributed by atoms with van der Waals surface area (Å²) in [5.74, 6) is 0. The summed E-state index contributed by atoms with van der Waals surface area (Å²) in [4.78, 5) is 5.57. The van der Waals surface area contributed by atoms with Gasteiger partial charge in [-0.05, 0) is 103 Å². The molecule has 0 spiro atoms. The molecule has 7 aromatic rings. The monoisotopic (exact) mass is 1100 g/mol. The van der Waals surface area contributed by atoms with E-state index in [1.165, 1.54) is 150 Å². The number of hydrogen-bond donors (Lipinski definition) is 0. The molecular formula is C69H100N2Si5. The zero-order chi connectivity index (χ0) is 55.3. The third-order valence-corrected chi connectivity index (χ3v) is 40.9. The van der Waals surface area contributed by atoms with E-state index < -0.39 is 42.5 Å². The van der Waals surface area contributed by atoms with Crippen molar-refractivity contribution in [2.24, 2.45) is 0 Å². The Balaban J connectivity index is 1.77. The molecule has 0 bridgehead atoms. The molecule has 0 unspecified atom stereocenters. The molecule has 7 aromatic carbocycles. The molecule has 7 heteroatoms. The molecule has 0 fully saturated rings. The quantitative estimate of drug-likeness (QED) is 0.0358. The molecule has 76 heavy (non-hydrogen) atoms. The second-order valence-corrected chi connectivity index (χ2v) is 46.1. The Morgan fingerprint density at radius 1 is 0.408 bits per heavy atom. The Morgan fingerprint density at radius 2 is 0.789 bits per heavy atom. The summed E-state index contributed by atoms with van der Waals surface area (Å²) in [7, 11) is -7.05. The smallest absolute Gasteiger partial charge is 0.0860 e. The summed E-state index contributed by atoms with van der Waals surface area (Å²) >= 11 is 0. The van der Waals surface area contributed by atoms with Crippen molar-refractivity contribution in [1.82, 2.24) is 0 Å². The maximum Gasteiger partial charge on any atom is 0.0860 e. The van der Waals surface area contributed by atoms with Gasteiger partial charge in [0.1, 0.15) is 0 Å². The largest absolute Gasteiger partial charge is 0.309 e. The fourth-order valence-electron chi connectivity index (χ4n) is 13.8. The highest BCUT2D eigenvalue weighted by atomic mass is 28.3. The van der Waals surface area contributed by atoms with Crippen molar-refractivity contribution in [3.63, 3.8) is 0 Å². The van der Waals surface area contributed by atoms with Gasteiger partial charge in [0, 0.05) is 44.3 Å². The minimum Gasteiger partial charge on any atom is -0.309 e. The van der Waals surface area contributed by atoms with Gasteiger partial charge in [-0.1, -0.05) is 263 Å². The van der Waals surface area contributed by atoms with Gasteiger partial charge in [0.05, 0.1) is 53.9 Å². The summed E-state index contributed by atoms with van der Waals surface area (Å²) < 4.78 is 0. The first kappa shape index (κ1) is 59.4. The van der Waals surface area contributed by atoms with Crippen molar-refractivity contribution in [2.45, 2.75) is 203 Å². The van der Waals surface area contributed by atoms with Crippen LogP contribution in [0.4, 0.5) is 34.1 Å². The normalized spacial score (nSPS) is 12.8. The molecule has 2 nitrogen and oxygen atoms in total. The van der Waals surface area contributed by atoms with Gasteiger partial charge in [-0.2, -0.15) is 0 Å². The molecule has 0 aromatic heterocycles. The van der Waals surface area contributed by atoms with E-state index in [1.54, 1.807) is 25.9 Å². The lowest BCUT2D eigenvalue weighted by molar-refractivity contribution is 0.591. The SMILES string of the molecule is CC[SiH2]c1cc(N(c2cc(C)cc([Si](CC)(CC)CC)c2)c2c3ccccc3c(N(c3cc(C)cc([SiH](CC)CC)c3)c3cc(C)cc([Si](CC)(CC)CC)c3)c3cc(C(C)(C)C)ccc23)cc([Si](CC)(CC)CC)c1. The maximum absolute atomic E-state index is 2.81. The number of hydrogen-bond acceptors (Lipinski definition) is 2. The second-order valence-electron chi connectivity index (χ2n) is 24.3. The highest BCUT2D eigenvalue weighted by molar-refractivity contribution is 6.93. The fraction of sp³-hybridized carbons (Fsp3) is 0.449. The average molecular weight is 1100 g/mol. The van der Waals surface area contributed by atoms with Crippen LogP contribution in [0.15, 0.2) is 115 Å². The van der Waals surface area contributed by atoms with Crippen LogP contribution in [-0.4, -0.2) is 42.5 Å². The highest BCUT2D eigenvalue weighted by Crippen LogP contribution is 2.52. The predicted molar refractivity (Wildman–Crippen MR) is 361 cm³/mol. The minimum atomic E-state index is -1.79. The van der Waals surface area contributed by atoms with E-state index in [1.807, 2.05) is 0 Å². The minimum absolute atomic E-state index is 0.0628. The van der Waals surface area contributed by atoms with Crippen molar-refractivity contribution in [3.8, 4) is 0 Å². The van der Waals surface area contributed by atoms with Crippen LogP contribution in [0.2, 0.25) is 72.5 Å². The second kappa shape index (κ2) is 24.8. The van der Waals surface area contributed by atoms with E-state index in [9.17, 15) is 0 Å². The topological polar surface area (TPSA) is 6.48 Å². The maximum atomic E-state index is 2.81. The molecular weight excluding hydrogens is 997 g/mol. The van der Waals surface area contributed by atoms with E-state index in [2.05, 4.69) is 250 Å². The van der Waals surface area contributed by atoms with Crippen LogP contribution in [0.5, 0.6) is 0 Å². The van der Waals surface area contributed by atoms with Crippen LogP contribution in [0, 0.1) is 20.8 Å². The summed E-state index contributed by atoms with van der Waals surface area (Å²) in [5, 5.41) is 13.3. The standard InChI is InChI=1S/C69H100N2Si5/c1-19-72-58-44-57(48-62(49-58)76(28-10,29-11)30-12)71(56-39-52(15)42-61(47-56)75(25-7,26-8)27-9)67-63-33-31-32-34-64(63)68(66-43-53(69(16,17)18)35-36-65(66)67)70(54-37-50(13)40-59(45-54)73(20-2)21-3)55-38-51(14)41-60(46-55)74(22-4,23-5)24-6/h31-49,73H,19-30,72H2,1-18H3. The lowest BCUT2D eigenvalue weighted by Crippen LogP contribution is -2.47. The number of fused-ring (bicyclic) bond motifs is 2. The van der Waals surface area contributed by atoms with Crippen molar-refractivity contribution in [1.29, 1.82) is 0 Å². The average Bonchev–Trinajstić information content (AvgIpc) is 3.44. The Morgan fingerprint density at radius 3 is 1.20 bits per heavy atom. The molecule has 7 rings (SSSR count). The number of benzene rings is 7. The molecule has 0 amide bonds. The molecule has 0 atom stereocenters. The van der Waals surface area contributed by atoms with Crippen LogP contribution in [0.1, 0.15) is 126 Å². The Hall–Kier alpha value is -4.26. The third-order valence-electron chi connectivity index (χ3n) is 19.4. The molecule has 406 valence electrons. The van der Waals surface area contributed by atoms with Gasteiger partial charge in [-0.25, -0.2) is 0 Å². The van der Waals surface area contributed by atoms with Gasteiger partial charge in [0.2, 0.25) is 0 Å². The van der Waals surface area contributed by atoms with E-state index in [4.69, 9.17) is 0 Å². The van der Waals surface area contributed by atoms with Crippen LogP contribution in [-0.2, 0) is 5.41 Å². The molecule has 0 heterocycles. The molecule has 0 aliphatic carbocycles. The fourth-order valence-corrected chi connectivity index (χ4v) is 28.9. The Labute approximate surface area is 471 Å². The number of nitrogens with zero attached hydrogens (tertiary/aromatic N) is 2. The zero-order valence-electron chi connectivity index (χ0n) is 51.1. The molecule has 0 aliphatic heterocycles. The summed E-state index contributed by atoms with van der Waals surface area (Å²) in [5.41, 5.74) is 13.3. The third kappa shape index (κ3) is 11.4. The Kier molecular flexibility index (Phi) is 19.4. The first-order valence-corrected chi connectivity index (χ1v) is 42.2. The lowest BCUT2D eigenvalue weighted by atomic mass is 9.84. The van der Waals surface area contributed by atoms with Gasteiger partial charge in [-0.3, -0.25) is 0 Å². The summed E-state index contributed by atoms with van der Waals surface area (Å²) in [6, 6.07) is 63.7. The van der Waals surface area contributed by atoms with Crippen molar-refractivity contribution in [3.05, 3.63) is 138 Å². The van der Waals surface area contributed by atoms with Gasteiger partial charge in [0.15, 0.2) is 0 Å². The molecule has 0 saturated heterocycles. The first-order valence-electron chi connectivity index (χ1n) is 30.5. The lowest BCUT2D eigenvalue weighted by Gasteiger charge is -2.37. The van der Waals surface area contributed by atoms with Gasteiger partial charge in [0.25, 0.3) is 0 Å². The van der Waals surface area contributed by atoms with Crippen LogP contribution in [0.25, 0.3) is 21.5 Å². The summed E-state index contributed by atoms with van der Waals surface area (Å²) in [6.07, 6.45) is 0. The molecule has 0 saturated carbocycles. The Bertz CT molecular complexity index is 3090. The first-order chi connectivity index (χ1) is 36.4. The van der Waals surface area contributed by atoms with E-state index >= 15 is 0 Å². The van der Waals surface area contributed by atoms with Crippen LogP contribution < -0.4 is 35.7 Å². The van der Waals surface area contributed by atoms with Crippen molar-refractivity contribution < 1.29 is 0 Å². The van der Waals surface area contributed by atoms with Crippen LogP contribution >= 0.6 is 0 Å². The molecule has 0 radical (unpaired) electrons.